The van der Waals surface area contributed by atoms with Gasteiger partial charge >= 0.3 is 0 Å². The van der Waals surface area contributed by atoms with Crippen molar-refractivity contribution in [2.24, 2.45) is 0 Å². The molecule has 0 fully saturated rings. The third-order valence-electron chi connectivity index (χ3n) is 4.61. The molecule has 4 rings (SSSR count). The van der Waals surface area contributed by atoms with E-state index in [2.05, 4.69) is 29.7 Å². The normalized spacial score (nSPS) is 16.4. The maximum absolute atomic E-state index is 12.3. The zero-order chi connectivity index (χ0) is 17.6. The van der Waals surface area contributed by atoms with Crippen molar-refractivity contribution in [3.63, 3.8) is 0 Å². The van der Waals surface area contributed by atoms with Gasteiger partial charge in [-0.15, -0.1) is 11.3 Å². The van der Waals surface area contributed by atoms with Gasteiger partial charge in [-0.2, -0.15) is 0 Å². The van der Waals surface area contributed by atoms with E-state index in [4.69, 9.17) is 0 Å². The van der Waals surface area contributed by atoms with Crippen LogP contribution < -0.4 is 10.6 Å². The van der Waals surface area contributed by atoms with Crippen molar-refractivity contribution in [3.05, 3.63) is 58.5 Å². The Morgan fingerprint density at radius 2 is 2.04 bits per heavy atom. The first kappa shape index (κ1) is 15.8. The number of fused-ring (bicyclic) bond motifs is 2. The van der Waals surface area contributed by atoms with E-state index in [-0.39, 0.29) is 17.7 Å². The Bertz CT molecular complexity index is 1010. The molecule has 1 aliphatic rings. The standard InChI is InChI=1S/C20H18N2O2S/c1-11-14-5-3-4-6-18(14)25-20(11)16-10-19(24)22-17-9-13(21-12(2)23)7-8-15(16)17/h3-9,16H,10H2,1-2H3,(H,21,23)(H,22,24)/t16-/m1/s1. The van der Waals surface area contributed by atoms with E-state index in [9.17, 15) is 9.59 Å². The minimum absolute atomic E-state index is 0.00864. The van der Waals surface area contributed by atoms with Gasteiger partial charge in [-0.1, -0.05) is 24.3 Å². The number of carbonyl (C=O) groups is 2. The van der Waals surface area contributed by atoms with Crippen molar-refractivity contribution in [2.45, 2.75) is 26.2 Å². The van der Waals surface area contributed by atoms with Crippen LogP contribution in [0.1, 0.15) is 35.3 Å². The van der Waals surface area contributed by atoms with Crippen LogP contribution in [0.5, 0.6) is 0 Å². The van der Waals surface area contributed by atoms with E-state index in [0.29, 0.717) is 12.1 Å². The molecule has 0 saturated heterocycles. The minimum Gasteiger partial charge on any atom is -0.326 e. The molecule has 0 unspecified atom stereocenters. The Balaban J connectivity index is 1.82. The Kier molecular flexibility index (Phi) is 3.81. The second-order valence-electron chi connectivity index (χ2n) is 6.38. The van der Waals surface area contributed by atoms with Crippen LogP contribution >= 0.6 is 11.3 Å². The second kappa shape index (κ2) is 6.01. The lowest BCUT2D eigenvalue weighted by atomic mass is 9.87. The van der Waals surface area contributed by atoms with E-state index in [1.54, 1.807) is 11.3 Å². The molecule has 2 aromatic carbocycles. The molecule has 4 nitrogen and oxygen atoms in total. The average Bonchev–Trinajstić information content (AvgIpc) is 2.90. The molecule has 0 bridgehead atoms. The molecule has 1 aliphatic heterocycles. The van der Waals surface area contributed by atoms with Crippen LogP contribution in [0.15, 0.2) is 42.5 Å². The summed E-state index contributed by atoms with van der Waals surface area (Å²) in [5.74, 6) is -0.0687. The number of aryl methyl sites for hydroxylation is 1. The average molecular weight is 350 g/mol. The molecule has 2 N–H and O–H groups in total. The van der Waals surface area contributed by atoms with E-state index >= 15 is 0 Å². The summed E-state index contributed by atoms with van der Waals surface area (Å²) >= 11 is 1.76. The zero-order valence-corrected chi connectivity index (χ0v) is 14.9. The van der Waals surface area contributed by atoms with E-state index in [0.717, 1.165) is 11.3 Å². The van der Waals surface area contributed by atoms with Gasteiger partial charge in [-0.3, -0.25) is 9.59 Å². The summed E-state index contributed by atoms with van der Waals surface area (Å²) in [7, 11) is 0. The number of benzene rings is 2. The Morgan fingerprint density at radius 1 is 1.24 bits per heavy atom. The van der Waals surface area contributed by atoms with E-state index in [1.165, 1.54) is 27.5 Å². The lowest BCUT2D eigenvalue weighted by Gasteiger charge is -2.26. The summed E-state index contributed by atoms with van der Waals surface area (Å²) in [5, 5.41) is 6.96. The van der Waals surface area contributed by atoms with Crippen molar-refractivity contribution in [3.8, 4) is 0 Å². The first-order valence-electron chi connectivity index (χ1n) is 8.22. The van der Waals surface area contributed by atoms with Crippen LogP contribution in [0, 0.1) is 6.92 Å². The van der Waals surface area contributed by atoms with Crippen LogP contribution in [0.25, 0.3) is 10.1 Å². The van der Waals surface area contributed by atoms with Gasteiger partial charge in [0.05, 0.1) is 0 Å². The fraction of sp³-hybridized carbons (Fsp3) is 0.200. The van der Waals surface area contributed by atoms with Gasteiger partial charge in [-0.05, 0) is 41.6 Å². The number of amides is 2. The van der Waals surface area contributed by atoms with E-state index < -0.39 is 0 Å². The molecule has 1 atom stereocenters. The lowest BCUT2D eigenvalue weighted by molar-refractivity contribution is -0.116. The molecule has 0 saturated carbocycles. The molecule has 2 heterocycles. The van der Waals surface area contributed by atoms with Crippen molar-refractivity contribution in [1.82, 2.24) is 0 Å². The number of thiophene rings is 1. The Morgan fingerprint density at radius 3 is 2.80 bits per heavy atom. The van der Waals surface area contributed by atoms with Gasteiger partial charge in [0.1, 0.15) is 0 Å². The van der Waals surface area contributed by atoms with Crippen molar-refractivity contribution < 1.29 is 9.59 Å². The summed E-state index contributed by atoms with van der Waals surface area (Å²) in [6.07, 6.45) is 0.445. The van der Waals surface area contributed by atoms with Crippen molar-refractivity contribution >= 4 is 44.6 Å². The maximum atomic E-state index is 12.3. The maximum Gasteiger partial charge on any atom is 0.225 e. The number of hydrogen-bond acceptors (Lipinski definition) is 3. The monoisotopic (exact) mass is 350 g/mol. The van der Waals surface area contributed by atoms with Gasteiger partial charge in [0.25, 0.3) is 0 Å². The highest BCUT2D eigenvalue weighted by Gasteiger charge is 2.29. The zero-order valence-electron chi connectivity index (χ0n) is 14.1. The molecule has 0 spiro atoms. The Hall–Kier alpha value is -2.66. The third kappa shape index (κ3) is 2.81. The van der Waals surface area contributed by atoms with Gasteiger partial charge in [0, 0.05) is 40.2 Å². The summed E-state index contributed by atoms with van der Waals surface area (Å²) in [5.41, 5.74) is 3.82. The second-order valence-corrected chi connectivity index (χ2v) is 7.46. The molecular weight excluding hydrogens is 332 g/mol. The van der Waals surface area contributed by atoms with Gasteiger partial charge in [0.2, 0.25) is 11.8 Å². The molecule has 0 radical (unpaired) electrons. The molecule has 3 aromatic rings. The number of hydrogen-bond donors (Lipinski definition) is 2. The predicted octanol–water partition coefficient (Wildman–Crippen LogP) is 4.64. The smallest absolute Gasteiger partial charge is 0.225 e. The highest BCUT2D eigenvalue weighted by molar-refractivity contribution is 7.19. The first-order chi connectivity index (χ1) is 12.0. The molecular formula is C20H18N2O2S. The Labute approximate surface area is 149 Å². The number of carbonyl (C=O) groups excluding carboxylic acids is 2. The van der Waals surface area contributed by atoms with Crippen LogP contribution in [0.4, 0.5) is 11.4 Å². The third-order valence-corrected chi connectivity index (χ3v) is 6.00. The van der Waals surface area contributed by atoms with Gasteiger partial charge in [0.15, 0.2) is 0 Å². The van der Waals surface area contributed by atoms with Crippen LogP contribution in [0.3, 0.4) is 0 Å². The SMILES string of the molecule is CC(=O)Nc1ccc2c(c1)NC(=O)C[C@H]2c1sc2ccccc2c1C. The van der Waals surface area contributed by atoms with Gasteiger partial charge < -0.3 is 10.6 Å². The molecule has 0 aliphatic carbocycles. The fourth-order valence-electron chi connectivity index (χ4n) is 3.51. The summed E-state index contributed by atoms with van der Waals surface area (Å²) < 4.78 is 1.25. The molecule has 1 aromatic heterocycles. The van der Waals surface area contributed by atoms with Crippen LogP contribution in [0.2, 0.25) is 0 Å². The minimum atomic E-state index is -0.126. The quantitative estimate of drug-likeness (QED) is 0.707. The molecule has 126 valence electrons. The lowest BCUT2D eigenvalue weighted by Crippen LogP contribution is -2.23. The van der Waals surface area contributed by atoms with E-state index in [1.807, 2.05) is 30.3 Å². The van der Waals surface area contributed by atoms with Gasteiger partial charge in [-0.25, -0.2) is 0 Å². The number of anilines is 2. The summed E-state index contributed by atoms with van der Waals surface area (Å²) in [4.78, 5) is 24.8. The number of rotatable bonds is 2. The highest BCUT2D eigenvalue weighted by Crippen LogP contribution is 2.44. The van der Waals surface area contributed by atoms with Crippen LogP contribution in [-0.2, 0) is 9.59 Å². The fourth-order valence-corrected chi connectivity index (χ4v) is 4.84. The predicted molar refractivity (Wildman–Crippen MR) is 102 cm³/mol. The molecule has 5 heteroatoms. The topological polar surface area (TPSA) is 58.2 Å². The van der Waals surface area contributed by atoms with Crippen molar-refractivity contribution in [1.29, 1.82) is 0 Å². The molecule has 2 amide bonds. The van der Waals surface area contributed by atoms with Crippen LogP contribution in [-0.4, -0.2) is 11.8 Å². The van der Waals surface area contributed by atoms with Crippen molar-refractivity contribution in [2.75, 3.05) is 10.6 Å². The summed E-state index contributed by atoms with van der Waals surface area (Å²) in [6, 6.07) is 14.1. The first-order valence-corrected chi connectivity index (χ1v) is 9.04. The highest BCUT2D eigenvalue weighted by atomic mass is 32.1. The summed E-state index contributed by atoms with van der Waals surface area (Å²) in [6.45, 7) is 3.60. The largest absolute Gasteiger partial charge is 0.326 e. The number of nitrogens with one attached hydrogen (secondary N) is 2. The molecule has 25 heavy (non-hydrogen) atoms.